The molecule has 1 atom stereocenters. The summed E-state index contributed by atoms with van der Waals surface area (Å²) in [5, 5.41) is 17.5. The fourth-order valence-corrected chi connectivity index (χ4v) is 2.16. The average Bonchev–Trinajstić information content (AvgIpc) is 2.29. The summed E-state index contributed by atoms with van der Waals surface area (Å²) in [6, 6.07) is 5.27. The lowest BCUT2D eigenvalue weighted by Crippen LogP contribution is -2.30. The van der Waals surface area contributed by atoms with Crippen LogP contribution < -0.4 is 0 Å². The molecule has 1 N–H and O–H groups in total. The standard InChI is InChI=1S/C11H9F4NOS/c12-9-2-1-7(8(3-9)4-16)5-18-6-10(17)11(13,14)15/h1-3,10,17H,5-6H2. The fraction of sp³-hybridized carbons (Fsp3) is 0.364. The normalized spacial score (nSPS) is 13.1. The van der Waals surface area contributed by atoms with E-state index in [0.717, 1.165) is 23.9 Å². The molecule has 0 fully saturated rings. The van der Waals surface area contributed by atoms with Crippen molar-refractivity contribution in [1.29, 1.82) is 5.26 Å². The zero-order valence-electron chi connectivity index (χ0n) is 9.04. The Morgan fingerprint density at radius 2 is 2.06 bits per heavy atom. The molecule has 1 aromatic rings. The smallest absolute Gasteiger partial charge is 0.383 e. The molecule has 0 spiro atoms. The van der Waals surface area contributed by atoms with Gasteiger partial charge in [0.05, 0.1) is 11.6 Å². The molecule has 0 amide bonds. The zero-order valence-corrected chi connectivity index (χ0v) is 9.85. The Hall–Kier alpha value is -1.26. The minimum absolute atomic E-state index is 0.0870. The van der Waals surface area contributed by atoms with Gasteiger partial charge in [0.1, 0.15) is 5.82 Å². The summed E-state index contributed by atoms with van der Waals surface area (Å²) in [5.74, 6) is -0.988. The molecule has 0 aliphatic rings. The van der Waals surface area contributed by atoms with Crippen LogP contribution in [0.4, 0.5) is 17.6 Å². The number of rotatable bonds is 4. The minimum Gasteiger partial charge on any atom is -0.383 e. The predicted molar refractivity (Wildman–Crippen MR) is 59.3 cm³/mol. The van der Waals surface area contributed by atoms with Gasteiger partial charge in [-0.2, -0.15) is 30.2 Å². The zero-order chi connectivity index (χ0) is 13.8. The van der Waals surface area contributed by atoms with Crippen molar-refractivity contribution in [2.45, 2.75) is 18.0 Å². The van der Waals surface area contributed by atoms with E-state index in [9.17, 15) is 17.6 Å². The molecule has 1 rings (SSSR count). The number of alkyl halides is 3. The van der Waals surface area contributed by atoms with Crippen LogP contribution in [0.3, 0.4) is 0 Å². The summed E-state index contributed by atoms with van der Waals surface area (Å²) < 4.78 is 48.8. The van der Waals surface area contributed by atoms with Gasteiger partial charge in [-0.1, -0.05) is 6.07 Å². The van der Waals surface area contributed by atoms with Crippen molar-refractivity contribution in [3.63, 3.8) is 0 Å². The highest BCUT2D eigenvalue weighted by molar-refractivity contribution is 7.98. The fourth-order valence-electron chi connectivity index (χ4n) is 1.15. The third-order valence-electron chi connectivity index (χ3n) is 2.10. The Morgan fingerprint density at radius 3 is 2.61 bits per heavy atom. The van der Waals surface area contributed by atoms with E-state index in [4.69, 9.17) is 10.4 Å². The molecule has 1 aromatic carbocycles. The summed E-state index contributed by atoms with van der Waals surface area (Å²) in [4.78, 5) is 0. The molecule has 0 saturated heterocycles. The number of benzene rings is 1. The monoisotopic (exact) mass is 279 g/mol. The van der Waals surface area contributed by atoms with Crippen molar-refractivity contribution in [3.8, 4) is 6.07 Å². The van der Waals surface area contributed by atoms with Crippen LogP contribution in [0.2, 0.25) is 0 Å². The molecular formula is C11H9F4NOS. The number of aliphatic hydroxyl groups excluding tert-OH is 1. The summed E-state index contributed by atoms with van der Waals surface area (Å²) in [5.41, 5.74) is 0.530. The van der Waals surface area contributed by atoms with Crippen molar-refractivity contribution in [2.24, 2.45) is 0 Å². The van der Waals surface area contributed by atoms with Crippen LogP contribution in [0.1, 0.15) is 11.1 Å². The maximum atomic E-state index is 12.8. The van der Waals surface area contributed by atoms with E-state index in [1.165, 1.54) is 6.07 Å². The van der Waals surface area contributed by atoms with Gasteiger partial charge >= 0.3 is 6.18 Å². The van der Waals surface area contributed by atoms with Crippen LogP contribution >= 0.6 is 11.8 Å². The van der Waals surface area contributed by atoms with E-state index in [1.807, 2.05) is 0 Å². The summed E-state index contributed by atoms with van der Waals surface area (Å²) >= 11 is 0.833. The maximum absolute atomic E-state index is 12.8. The molecule has 0 bridgehead atoms. The maximum Gasteiger partial charge on any atom is 0.415 e. The second-order valence-corrected chi connectivity index (χ2v) is 4.52. The van der Waals surface area contributed by atoms with E-state index in [0.29, 0.717) is 5.56 Å². The van der Waals surface area contributed by atoms with Gasteiger partial charge in [0.15, 0.2) is 6.10 Å². The first kappa shape index (κ1) is 14.8. The molecule has 0 aliphatic heterocycles. The quantitative estimate of drug-likeness (QED) is 0.862. The molecule has 7 heteroatoms. The summed E-state index contributed by atoms with van der Waals surface area (Å²) in [6.07, 6.45) is -7.04. The van der Waals surface area contributed by atoms with Crippen molar-refractivity contribution >= 4 is 11.8 Å². The molecule has 98 valence electrons. The number of aliphatic hydroxyl groups is 1. The number of hydrogen-bond acceptors (Lipinski definition) is 3. The Morgan fingerprint density at radius 1 is 1.39 bits per heavy atom. The lowest BCUT2D eigenvalue weighted by molar-refractivity contribution is -0.195. The molecular weight excluding hydrogens is 270 g/mol. The number of halogens is 4. The SMILES string of the molecule is N#Cc1cc(F)ccc1CSCC(O)C(F)(F)F. The topological polar surface area (TPSA) is 44.0 Å². The number of nitriles is 1. The Labute approximate surface area is 105 Å². The van der Waals surface area contributed by atoms with Crippen molar-refractivity contribution in [3.05, 3.63) is 35.1 Å². The van der Waals surface area contributed by atoms with E-state index in [1.54, 1.807) is 6.07 Å². The number of thioether (sulfide) groups is 1. The van der Waals surface area contributed by atoms with Gasteiger partial charge in [-0.05, 0) is 17.7 Å². The van der Waals surface area contributed by atoms with Gasteiger partial charge in [0, 0.05) is 11.5 Å². The first-order chi connectivity index (χ1) is 8.34. The lowest BCUT2D eigenvalue weighted by Gasteiger charge is -2.13. The van der Waals surface area contributed by atoms with Gasteiger partial charge in [-0.15, -0.1) is 0 Å². The first-order valence-electron chi connectivity index (χ1n) is 4.85. The van der Waals surface area contributed by atoms with Crippen LogP contribution in [0.15, 0.2) is 18.2 Å². The van der Waals surface area contributed by atoms with E-state index in [-0.39, 0.29) is 11.3 Å². The second-order valence-electron chi connectivity index (χ2n) is 3.49. The van der Waals surface area contributed by atoms with Gasteiger partial charge in [0.25, 0.3) is 0 Å². The minimum atomic E-state index is -4.64. The van der Waals surface area contributed by atoms with Crippen molar-refractivity contribution in [1.82, 2.24) is 0 Å². The van der Waals surface area contributed by atoms with E-state index < -0.39 is 23.9 Å². The van der Waals surface area contributed by atoms with Crippen LogP contribution in [-0.4, -0.2) is 23.1 Å². The average molecular weight is 279 g/mol. The third-order valence-corrected chi connectivity index (χ3v) is 3.17. The van der Waals surface area contributed by atoms with Gasteiger partial charge < -0.3 is 5.11 Å². The van der Waals surface area contributed by atoms with E-state index >= 15 is 0 Å². The molecule has 0 heterocycles. The van der Waals surface area contributed by atoms with Gasteiger partial charge in [-0.3, -0.25) is 0 Å². The van der Waals surface area contributed by atoms with Crippen molar-refractivity contribution in [2.75, 3.05) is 5.75 Å². The Balaban J connectivity index is 2.58. The van der Waals surface area contributed by atoms with Crippen molar-refractivity contribution < 1.29 is 22.7 Å². The van der Waals surface area contributed by atoms with E-state index in [2.05, 4.69) is 0 Å². The molecule has 1 unspecified atom stereocenters. The summed E-state index contributed by atoms with van der Waals surface area (Å²) in [7, 11) is 0. The molecule has 18 heavy (non-hydrogen) atoms. The highest BCUT2D eigenvalue weighted by Crippen LogP contribution is 2.25. The Bertz CT molecular complexity index is 455. The largest absolute Gasteiger partial charge is 0.415 e. The predicted octanol–water partition coefficient (Wildman–Crippen LogP) is 2.85. The molecule has 2 nitrogen and oxygen atoms in total. The Kier molecular flexibility index (Phi) is 4.99. The number of nitrogens with zero attached hydrogens (tertiary/aromatic N) is 1. The van der Waals surface area contributed by atoms with Crippen LogP contribution in [0.25, 0.3) is 0 Å². The van der Waals surface area contributed by atoms with Gasteiger partial charge in [-0.25, -0.2) is 4.39 Å². The highest BCUT2D eigenvalue weighted by Gasteiger charge is 2.37. The third kappa shape index (κ3) is 4.20. The lowest BCUT2D eigenvalue weighted by atomic mass is 10.1. The second kappa shape index (κ2) is 6.07. The first-order valence-corrected chi connectivity index (χ1v) is 6.01. The molecule has 0 aromatic heterocycles. The summed E-state index contributed by atoms with van der Waals surface area (Å²) in [6.45, 7) is 0. The van der Waals surface area contributed by atoms with Crippen LogP contribution in [-0.2, 0) is 5.75 Å². The molecule has 0 saturated carbocycles. The molecule has 0 radical (unpaired) electrons. The van der Waals surface area contributed by atoms with Crippen LogP contribution in [0, 0.1) is 17.1 Å². The van der Waals surface area contributed by atoms with Gasteiger partial charge in [0.2, 0.25) is 0 Å². The number of hydrogen-bond donors (Lipinski definition) is 1. The highest BCUT2D eigenvalue weighted by atomic mass is 32.2. The molecule has 0 aliphatic carbocycles. The van der Waals surface area contributed by atoms with Crippen LogP contribution in [0.5, 0.6) is 0 Å².